The lowest BCUT2D eigenvalue weighted by Crippen LogP contribution is -2.15. The highest BCUT2D eigenvalue weighted by atomic mass is 16.5. The standard InChI is InChI=1S/C18H19NO5/c1-11(18(20)22-3)6-8-23-12-4-5-13-15(10-12)19-17-14(7-9-24-17)16(13)21-2/h4-5,7,9-11H,6,8H2,1-3H3/t11-/m0/s1. The molecule has 0 unspecified atom stereocenters. The quantitative estimate of drug-likeness (QED) is 0.644. The van der Waals surface area contributed by atoms with Crippen molar-refractivity contribution in [1.82, 2.24) is 4.98 Å². The fraction of sp³-hybridized carbons (Fsp3) is 0.333. The molecule has 0 bridgehead atoms. The minimum absolute atomic E-state index is 0.198. The van der Waals surface area contributed by atoms with Crippen molar-refractivity contribution in [3.63, 3.8) is 0 Å². The number of ether oxygens (including phenoxy) is 3. The second-order valence-corrected chi connectivity index (χ2v) is 5.52. The zero-order chi connectivity index (χ0) is 17.1. The SMILES string of the molecule is COC(=O)[C@@H](C)CCOc1ccc2c(OC)c3ccoc3nc2c1. The van der Waals surface area contributed by atoms with Crippen LogP contribution in [0.15, 0.2) is 34.9 Å². The molecule has 126 valence electrons. The third kappa shape index (κ3) is 2.99. The molecule has 1 atom stereocenters. The normalized spacial score (nSPS) is 12.3. The second-order valence-electron chi connectivity index (χ2n) is 5.52. The first-order valence-corrected chi connectivity index (χ1v) is 7.69. The average molecular weight is 329 g/mol. The van der Waals surface area contributed by atoms with Gasteiger partial charge in [0, 0.05) is 11.5 Å². The topological polar surface area (TPSA) is 70.8 Å². The molecule has 0 radical (unpaired) electrons. The lowest BCUT2D eigenvalue weighted by Gasteiger charge is -2.11. The molecule has 24 heavy (non-hydrogen) atoms. The van der Waals surface area contributed by atoms with E-state index in [4.69, 9.17) is 18.6 Å². The molecule has 3 rings (SSSR count). The van der Waals surface area contributed by atoms with Crippen LogP contribution in [0.1, 0.15) is 13.3 Å². The maximum atomic E-state index is 11.4. The molecule has 0 fully saturated rings. The fourth-order valence-electron chi connectivity index (χ4n) is 2.59. The van der Waals surface area contributed by atoms with Crippen LogP contribution in [0, 0.1) is 5.92 Å². The lowest BCUT2D eigenvalue weighted by molar-refractivity contribution is -0.145. The summed E-state index contributed by atoms with van der Waals surface area (Å²) in [5, 5.41) is 1.73. The minimum atomic E-state index is -0.233. The molecule has 2 heterocycles. The van der Waals surface area contributed by atoms with Gasteiger partial charge in [-0.15, -0.1) is 0 Å². The second kappa shape index (κ2) is 6.78. The van der Waals surface area contributed by atoms with E-state index in [1.165, 1.54) is 7.11 Å². The van der Waals surface area contributed by atoms with Crippen molar-refractivity contribution in [2.24, 2.45) is 5.92 Å². The Labute approximate surface area is 139 Å². The fourth-order valence-corrected chi connectivity index (χ4v) is 2.59. The lowest BCUT2D eigenvalue weighted by atomic mass is 10.1. The van der Waals surface area contributed by atoms with Crippen LogP contribution in [-0.4, -0.2) is 31.8 Å². The monoisotopic (exact) mass is 329 g/mol. The Hall–Kier alpha value is -2.76. The predicted octanol–water partition coefficient (Wildman–Crippen LogP) is 3.57. The number of benzene rings is 1. The number of hydrogen-bond donors (Lipinski definition) is 0. The van der Waals surface area contributed by atoms with Gasteiger partial charge in [0.15, 0.2) is 0 Å². The molecule has 6 heteroatoms. The van der Waals surface area contributed by atoms with E-state index in [2.05, 4.69) is 4.98 Å². The molecule has 0 amide bonds. The van der Waals surface area contributed by atoms with Crippen molar-refractivity contribution in [3.8, 4) is 11.5 Å². The number of carbonyl (C=O) groups is 1. The molecule has 0 aliphatic rings. The van der Waals surface area contributed by atoms with Crippen molar-refractivity contribution in [3.05, 3.63) is 30.5 Å². The molecule has 6 nitrogen and oxygen atoms in total. The summed E-state index contributed by atoms with van der Waals surface area (Å²) in [6.45, 7) is 2.23. The van der Waals surface area contributed by atoms with Crippen LogP contribution >= 0.6 is 0 Å². The number of aromatic nitrogens is 1. The smallest absolute Gasteiger partial charge is 0.308 e. The molecular formula is C18H19NO5. The van der Waals surface area contributed by atoms with Gasteiger partial charge in [-0.05, 0) is 24.6 Å². The van der Waals surface area contributed by atoms with E-state index in [9.17, 15) is 4.79 Å². The highest BCUT2D eigenvalue weighted by molar-refractivity contribution is 5.99. The molecular weight excluding hydrogens is 310 g/mol. The Balaban J connectivity index is 1.81. The van der Waals surface area contributed by atoms with E-state index in [-0.39, 0.29) is 11.9 Å². The van der Waals surface area contributed by atoms with E-state index in [1.54, 1.807) is 13.4 Å². The van der Waals surface area contributed by atoms with Crippen LogP contribution in [-0.2, 0) is 9.53 Å². The Morgan fingerprint density at radius 2 is 2.08 bits per heavy atom. The number of carbonyl (C=O) groups excluding carboxylic acids is 1. The zero-order valence-corrected chi connectivity index (χ0v) is 13.9. The molecule has 0 spiro atoms. The van der Waals surface area contributed by atoms with Crippen molar-refractivity contribution in [2.75, 3.05) is 20.8 Å². The maximum absolute atomic E-state index is 11.4. The van der Waals surface area contributed by atoms with Gasteiger partial charge in [0.05, 0.1) is 43.9 Å². The van der Waals surface area contributed by atoms with Gasteiger partial charge in [0.1, 0.15) is 11.5 Å². The number of methoxy groups -OCH3 is 2. The number of esters is 1. The van der Waals surface area contributed by atoms with E-state index >= 15 is 0 Å². The molecule has 0 N–H and O–H groups in total. The highest BCUT2D eigenvalue weighted by Gasteiger charge is 2.14. The summed E-state index contributed by atoms with van der Waals surface area (Å²) in [4.78, 5) is 15.9. The molecule has 3 aromatic rings. The summed E-state index contributed by atoms with van der Waals surface area (Å²) in [6.07, 6.45) is 2.17. The van der Waals surface area contributed by atoms with Gasteiger partial charge in [-0.3, -0.25) is 4.79 Å². The Morgan fingerprint density at radius 3 is 2.83 bits per heavy atom. The molecule has 0 aliphatic carbocycles. The van der Waals surface area contributed by atoms with E-state index in [1.807, 2.05) is 31.2 Å². The van der Waals surface area contributed by atoms with Crippen LogP contribution in [0.3, 0.4) is 0 Å². The van der Waals surface area contributed by atoms with Gasteiger partial charge >= 0.3 is 5.97 Å². The maximum Gasteiger partial charge on any atom is 0.308 e. The minimum Gasteiger partial charge on any atom is -0.495 e. The highest BCUT2D eigenvalue weighted by Crippen LogP contribution is 2.34. The Morgan fingerprint density at radius 1 is 1.25 bits per heavy atom. The van der Waals surface area contributed by atoms with E-state index in [0.717, 1.165) is 22.0 Å². The van der Waals surface area contributed by atoms with E-state index < -0.39 is 0 Å². The Bertz CT molecular complexity index is 870. The largest absolute Gasteiger partial charge is 0.495 e. The third-order valence-electron chi connectivity index (χ3n) is 3.95. The van der Waals surface area contributed by atoms with Crippen LogP contribution in [0.5, 0.6) is 11.5 Å². The van der Waals surface area contributed by atoms with E-state index in [0.29, 0.717) is 24.5 Å². The number of furan rings is 1. The van der Waals surface area contributed by atoms with Crippen LogP contribution in [0.25, 0.3) is 22.0 Å². The number of pyridine rings is 1. The van der Waals surface area contributed by atoms with Crippen molar-refractivity contribution >= 4 is 28.0 Å². The van der Waals surface area contributed by atoms with Gasteiger partial charge in [0.25, 0.3) is 0 Å². The first-order chi connectivity index (χ1) is 11.6. The summed E-state index contributed by atoms with van der Waals surface area (Å²) >= 11 is 0. The average Bonchev–Trinajstić information content (AvgIpc) is 3.06. The molecule has 0 saturated carbocycles. The van der Waals surface area contributed by atoms with Crippen molar-refractivity contribution < 1.29 is 23.4 Å². The first-order valence-electron chi connectivity index (χ1n) is 7.69. The van der Waals surface area contributed by atoms with Gasteiger partial charge in [-0.2, -0.15) is 0 Å². The number of nitrogens with zero attached hydrogens (tertiary/aromatic N) is 1. The van der Waals surface area contributed by atoms with Crippen LogP contribution in [0.2, 0.25) is 0 Å². The van der Waals surface area contributed by atoms with Gasteiger partial charge in [-0.25, -0.2) is 4.98 Å². The summed E-state index contributed by atoms with van der Waals surface area (Å²) in [5.41, 5.74) is 1.25. The summed E-state index contributed by atoms with van der Waals surface area (Å²) in [7, 11) is 3.01. The summed E-state index contributed by atoms with van der Waals surface area (Å²) < 4.78 is 21.3. The summed E-state index contributed by atoms with van der Waals surface area (Å²) in [5.74, 6) is 0.981. The van der Waals surface area contributed by atoms with Gasteiger partial charge < -0.3 is 18.6 Å². The Kier molecular flexibility index (Phi) is 4.55. The molecule has 0 aliphatic heterocycles. The number of rotatable bonds is 6. The van der Waals surface area contributed by atoms with Crippen molar-refractivity contribution in [2.45, 2.75) is 13.3 Å². The van der Waals surface area contributed by atoms with Gasteiger partial charge in [-0.1, -0.05) is 6.92 Å². The van der Waals surface area contributed by atoms with Crippen molar-refractivity contribution in [1.29, 1.82) is 0 Å². The predicted molar refractivity (Wildman–Crippen MR) is 89.4 cm³/mol. The van der Waals surface area contributed by atoms with Gasteiger partial charge in [0.2, 0.25) is 5.71 Å². The zero-order valence-electron chi connectivity index (χ0n) is 13.9. The first kappa shape index (κ1) is 16.1. The molecule has 0 saturated heterocycles. The molecule has 1 aromatic carbocycles. The summed E-state index contributed by atoms with van der Waals surface area (Å²) in [6, 6.07) is 7.44. The molecule has 2 aromatic heterocycles. The number of hydrogen-bond acceptors (Lipinski definition) is 6. The number of fused-ring (bicyclic) bond motifs is 2. The third-order valence-corrected chi connectivity index (χ3v) is 3.95. The van der Waals surface area contributed by atoms with Crippen LogP contribution in [0.4, 0.5) is 0 Å². The van der Waals surface area contributed by atoms with Crippen LogP contribution < -0.4 is 9.47 Å².